The lowest BCUT2D eigenvalue weighted by Gasteiger charge is -2.17. The molecule has 0 amide bonds. The molecule has 0 N–H and O–H groups in total. The summed E-state index contributed by atoms with van der Waals surface area (Å²) < 4.78 is 15.4. The molecule has 17 heavy (non-hydrogen) atoms. The van der Waals surface area contributed by atoms with Crippen LogP contribution in [0.25, 0.3) is 6.08 Å². The highest BCUT2D eigenvalue weighted by atomic mass is 35.5. The summed E-state index contributed by atoms with van der Waals surface area (Å²) in [6, 6.07) is 1.67. The molecule has 0 radical (unpaired) electrons. The number of pyridine rings is 1. The first-order chi connectivity index (χ1) is 7.84. The van der Waals surface area contributed by atoms with E-state index in [-0.39, 0.29) is 4.75 Å². The Hall–Kier alpha value is -0.840. The Morgan fingerprint density at radius 2 is 2.12 bits per heavy atom. The Bertz CT molecular complexity index is 441. The summed E-state index contributed by atoms with van der Waals surface area (Å²) in [4.78, 5) is 3.94. The summed E-state index contributed by atoms with van der Waals surface area (Å²) in [5, 5.41) is 0.374. The molecule has 1 heterocycles. The van der Waals surface area contributed by atoms with Crippen LogP contribution >= 0.6 is 11.6 Å². The lowest BCUT2D eigenvalue weighted by Crippen LogP contribution is -2.25. The first kappa shape index (κ1) is 14.2. The fourth-order valence-electron chi connectivity index (χ4n) is 1.000. The highest BCUT2D eigenvalue weighted by Crippen LogP contribution is 2.18. The first-order valence-corrected chi connectivity index (χ1v) is 6.57. The normalized spacial score (nSPS) is 13.9. The van der Waals surface area contributed by atoms with Crippen LogP contribution < -0.4 is 0 Å². The summed E-state index contributed by atoms with van der Waals surface area (Å²) in [5.74, 6) is 0. The van der Waals surface area contributed by atoms with Crippen LogP contribution in [-0.2, 0) is 11.4 Å². The van der Waals surface area contributed by atoms with Gasteiger partial charge in [0, 0.05) is 17.3 Å². The predicted molar refractivity (Wildman–Crippen MR) is 74.8 cm³/mol. The minimum Gasteiger partial charge on any atom is -0.591 e. The molecule has 5 heteroatoms. The van der Waals surface area contributed by atoms with E-state index >= 15 is 0 Å². The molecule has 0 aliphatic heterocycles. The fourth-order valence-corrected chi connectivity index (χ4v) is 1.69. The van der Waals surface area contributed by atoms with Gasteiger partial charge in [-0.15, -0.1) is 0 Å². The van der Waals surface area contributed by atoms with E-state index < -0.39 is 11.4 Å². The van der Waals surface area contributed by atoms with Crippen LogP contribution in [-0.4, -0.2) is 20.5 Å². The zero-order valence-corrected chi connectivity index (χ0v) is 11.7. The highest BCUT2D eigenvalue weighted by Gasteiger charge is 2.25. The van der Waals surface area contributed by atoms with Gasteiger partial charge in [0.15, 0.2) is 0 Å². The van der Waals surface area contributed by atoms with Gasteiger partial charge in [0.05, 0.1) is 6.21 Å². The van der Waals surface area contributed by atoms with Crippen molar-refractivity contribution in [2.75, 3.05) is 0 Å². The highest BCUT2D eigenvalue weighted by molar-refractivity contribution is 7.91. The number of rotatable bonds is 3. The zero-order valence-electron chi connectivity index (χ0n) is 10.1. The van der Waals surface area contributed by atoms with Crippen LogP contribution in [0.5, 0.6) is 0 Å². The van der Waals surface area contributed by atoms with E-state index in [4.69, 9.17) is 11.6 Å². The Morgan fingerprint density at radius 1 is 1.47 bits per heavy atom. The molecule has 1 atom stereocenters. The second-order valence-corrected chi connectivity index (χ2v) is 6.76. The maximum Gasteiger partial charge on any atom is 0.144 e. The van der Waals surface area contributed by atoms with Gasteiger partial charge in [-0.2, -0.15) is 0 Å². The molecule has 1 rings (SSSR count). The van der Waals surface area contributed by atoms with Gasteiger partial charge < -0.3 is 4.55 Å². The van der Waals surface area contributed by atoms with E-state index in [1.807, 2.05) is 20.8 Å². The van der Waals surface area contributed by atoms with Gasteiger partial charge in [0.1, 0.15) is 21.3 Å². The van der Waals surface area contributed by atoms with Gasteiger partial charge in [-0.25, -0.2) is 4.98 Å². The number of hydrogen-bond donors (Lipinski definition) is 0. The Kier molecular flexibility index (Phi) is 4.74. The van der Waals surface area contributed by atoms with Crippen molar-refractivity contribution in [1.82, 2.24) is 4.98 Å². The summed E-state index contributed by atoms with van der Waals surface area (Å²) in [5.41, 5.74) is 1.57. The maximum absolute atomic E-state index is 11.8. The van der Waals surface area contributed by atoms with Gasteiger partial charge in [0.2, 0.25) is 0 Å². The minimum absolute atomic E-state index is 0.373. The monoisotopic (exact) mass is 270 g/mol. The lowest BCUT2D eigenvalue weighted by atomic mass is 10.1. The van der Waals surface area contributed by atoms with Crippen molar-refractivity contribution in [3.8, 4) is 0 Å². The van der Waals surface area contributed by atoms with E-state index in [0.717, 1.165) is 11.1 Å². The van der Waals surface area contributed by atoms with E-state index in [2.05, 4.69) is 16.0 Å². The molecule has 0 aliphatic carbocycles. The minimum atomic E-state index is -1.28. The fraction of sp³-hybridized carbons (Fsp3) is 0.333. The topological polar surface area (TPSA) is 48.3 Å². The van der Waals surface area contributed by atoms with Crippen molar-refractivity contribution >= 4 is 35.3 Å². The molecule has 0 saturated carbocycles. The third kappa shape index (κ3) is 4.15. The number of hydrogen-bond acceptors (Lipinski definition) is 3. The number of halogens is 1. The summed E-state index contributed by atoms with van der Waals surface area (Å²) in [6.07, 6.45) is 4.81. The maximum atomic E-state index is 11.8. The molecule has 0 saturated heterocycles. The second-order valence-electron chi connectivity index (χ2n) is 4.44. The summed E-state index contributed by atoms with van der Waals surface area (Å²) >= 11 is 4.51. The molecule has 1 aromatic rings. The van der Waals surface area contributed by atoms with Crippen molar-refractivity contribution in [3.63, 3.8) is 0 Å². The number of aromatic nitrogens is 1. The van der Waals surface area contributed by atoms with Crippen molar-refractivity contribution in [3.05, 3.63) is 35.1 Å². The smallest absolute Gasteiger partial charge is 0.144 e. The molecule has 0 aromatic carbocycles. The van der Waals surface area contributed by atoms with Gasteiger partial charge in [-0.1, -0.05) is 28.7 Å². The molecule has 0 aliphatic rings. The molecule has 92 valence electrons. The van der Waals surface area contributed by atoms with E-state index in [0.29, 0.717) is 5.15 Å². The molecule has 0 bridgehead atoms. The molecule has 1 aromatic heterocycles. The van der Waals surface area contributed by atoms with E-state index in [9.17, 15) is 4.55 Å². The van der Waals surface area contributed by atoms with Crippen LogP contribution in [0.1, 0.15) is 31.9 Å². The van der Waals surface area contributed by atoms with Gasteiger partial charge in [-0.05, 0) is 26.8 Å². The SMILES string of the molecule is C=Cc1cnc(Cl)cc1C=N[S+]([O-])C(C)(C)C. The number of nitrogens with zero attached hydrogens (tertiary/aromatic N) is 2. The standard InChI is InChI=1S/C12H15ClN2OS/c1-5-9-7-14-11(13)6-10(9)8-15-17(16)12(2,3)4/h5-8H,1H2,2-4H3. The van der Waals surface area contributed by atoms with Crippen molar-refractivity contribution in [2.45, 2.75) is 25.5 Å². The van der Waals surface area contributed by atoms with Crippen molar-refractivity contribution in [2.24, 2.45) is 4.40 Å². The van der Waals surface area contributed by atoms with Gasteiger partial charge >= 0.3 is 0 Å². The van der Waals surface area contributed by atoms with E-state index in [1.165, 1.54) is 0 Å². The van der Waals surface area contributed by atoms with Crippen LogP contribution in [0, 0.1) is 0 Å². The molecule has 0 fully saturated rings. The summed E-state index contributed by atoms with van der Waals surface area (Å²) in [6.45, 7) is 9.28. The van der Waals surface area contributed by atoms with Gasteiger partial charge in [-0.3, -0.25) is 0 Å². The molecular weight excluding hydrogens is 256 g/mol. The summed E-state index contributed by atoms with van der Waals surface area (Å²) in [7, 11) is 0. The van der Waals surface area contributed by atoms with E-state index in [1.54, 1.807) is 24.6 Å². The Morgan fingerprint density at radius 3 is 2.65 bits per heavy atom. The van der Waals surface area contributed by atoms with Crippen molar-refractivity contribution < 1.29 is 4.55 Å². The molecule has 0 spiro atoms. The van der Waals surface area contributed by atoms with Crippen molar-refractivity contribution in [1.29, 1.82) is 0 Å². The van der Waals surface area contributed by atoms with Crippen LogP contribution in [0.3, 0.4) is 0 Å². The van der Waals surface area contributed by atoms with Crippen LogP contribution in [0.2, 0.25) is 5.15 Å². The van der Waals surface area contributed by atoms with Gasteiger partial charge in [0.25, 0.3) is 0 Å². The second kappa shape index (κ2) is 5.67. The third-order valence-electron chi connectivity index (χ3n) is 1.97. The molecule has 1 unspecified atom stereocenters. The third-order valence-corrected chi connectivity index (χ3v) is 3.52. The quantitative estimate of drug-likeness (QED) is 0.481. The van der Waals surface area contributed by atoms with Crippen LogP contribution in [0.15, 0.2) is 23.2 Å². The largest absolute Gasteiger partial charge is 0.591 e. The first-order valence-electron chi connectivity index (χ1n) is 5.08. The predicted octanol–water partition coefficient (Wildman–Crippen LogP) is 3.26. The van der Waals surface area contributed by atoms with Crippen LogP contribution in [0.4, 0.5) is 0 Å². The average molecular weight is 271 g/mol. The Labute approximate surface area is 110 Å². The lowest BCUT2D eigenvalue weighted by molar-refractivity contribution is 0.562. The molecular formula is C12H15ClN2OS. The average Bonchev–Trinajstić information content (AvgIpc) is 2.24. The zero-order chi connectivity index (χ0) is 13.1. The molecule has 3 nitrogen and oxygen atoms in total. The Balaban J connectivity index is 2.98.